The summed E-state index contributed by atoms with van der Waals surface area (Å²) in [4.78, 5) is 0. The fourth-order valence-corrected chi connectivity index (χ4v) is 2.06. The Labute approximate surface area is 86.5 Å². The normalized spacial score (nSPS) is 31.1. The summed E-state index contributed by atoms with van der Waals surface area (Å²) in [7, 11) is 0. The van der Waals surface area contributed by atoms with Gasteiger partial charge in [-0.2, -0.15) is 0 Å². The molecular formula is C11H23NO2. The highest BCUT2D eigenvalue weighted by Gasteiger charge is 2.16. The molecule has 1 aliphatic carbocycles. The second-order valence-corrected chi connectivity index (χ2v) is 4.55. The number of aliphatic hydroxyl groups excluding tert-OH is 2. The van der Waals surface area contributed by atoms with Crippen LogP contribution in [0.15, 0.2) is 0 Å². The number of hydrogen-bond acceptors (Lipinski definition) is 3. The largest absolute Gasteiger partial charge is 0.394 e. The summed E-state index contributed by atoms with van der Waals surface area (Å²) in [5.41, 5.74) is 0. The van der Waals surface area contributed by atoms with Crippen molar-refractivity contribution >= 4 is 0 Å². The molecular weight excluding hydrogens is 178 g/mol. The summed E-state index contributed by atoms with van der Waals surface area (Å²) in [6, 6.07) is 0.543. The number of hydrogen-bond donors (Lipinski definition) is 3. The first-order valence-electron chi connectivity index (χ1n) is 5.74. The van der Waals surface area contributed by atoms with E-state index in [4.69, 9.17) is 5.11 Å². The van der Waals surface area contributed by atoms with E-state index in [0.717, 1.165) is 5.92 Å². The zero-order valence-electron chi connectivity index (χ0n) is 9.08. The highest BCUT2D eigenvalue weighted by Crippen LogP contribution is 2.22. The van der Waals surface area contributed by atoms with E-state index in [1.807, 2.05) is 0 Å². The number of aliphatic hydroxyl groups is 2. The average molecular weight is 201 g/mol. The highest BCUT2D eigenvalue weighted by molar-refractivity contribution is 4.74. The highest BCUT2D eigenvalue weighted by atomic mass is 16.3. The van der Waals surface area contributed by atoms with Crippen LogP contribution in [0.1, 0.15) is 39.0 Å². The van der Waals surface area contributed by atoms with Crippen LogP contribution in [0, 0.1) is 5.92 Å². The van der Waals surface area contributed by atoms with Gasteiger partial charge in [-0.05, 0) is 25.2 Å². The van der Waals surface area contributed by atoms with Gasteiger partial charge in [-0.15, -0.1) is 0 Å². The molecule has 1 aliphatic rings. The Morgan fingerprint density at radius 2 is 2.07 bits per heavy atom. The standard InChI is InChI=1S/C11H23NO2/c1-9-3-2-4-10(6-5-9)12-7-11(14)8-13/h9-14H,2-8H2,1H3. The van der Waals surface area contributed by atoms with E-state index in [1.165, 1.54) is 32.1 Å². The second-order valence-electron chi connectivity index (χ2n) is 4.55. The van der Waals surface area contributed by atoms with Crippen LogP contribution < -0.4 is 5.32 Å². The topological polar surface area (TPSA) is 52.5 Å². The van der Waals surface area contributed by atoms with Gasteiger partial charge in [-0.25, -0.2) is 0 Å². The van der Waals surface area contributed by atoms with E-state index in [-0.39, 0.29) is 6.61 Å². The first-order chi connectivity index (χ1) is 6.72. The van der Waals surface area contributed by atoms with Gasteiger partial charge in [0.1, 0.15) is 0 Å². The van der Waals surface area contributed by atoms with E-state index in [9.17, 15) is 5.11 Å². The molecule has 1 fully saturated rings. The molecule has 0 aromatic rings. The van der Waals surface area contributed by atoms with Crippen molar-refractivity contribution < 1.29 is 10.2 Å². The Morgan fingerprint density at radius 1 is 1.29 bits per heavy atom. The first-order valence-corrected chi connectivity index (χ1v) is 5.74. The lowest BCUT2D eigenvalue weighted by Gasteiger charge is -2.18. The van der Waals surface area contributed by atoms with Crippen molar-refractivity contribution in [3.63, 3.8) is 0 Å². The molecule has 3 atom stereocenters. The van der Waals surface area contributed by atoms with E-state index in [2.05, 4.69) is 12.2 Å². The lowest BCUT2D eigenvalue weighted by molar-refractivity contribution is 0.0913. The van der Waals surface area contributed by atoms with Gasteiger partial charge >= 0.3 is 0 Å². The summed E-state index contributed by atoms with van der Waals surface area (Å²) in [5, 5.41) is 21.2. The summed E-state index contributed by atoms with van der Waals surface area (Å²) in [5.74, 6) is 0.851. The maximum atomic E-state index is 9.20. The molecule has 1 saturated carbocycles. The predicted molar refractivity (Wildman–Crippen MR) is 57.1 cm³/mol. The van der Waals surface area contributed by atoms with Gasteiger partial charge in [0.05, 0.1) is 12.7 Å². The third-order valence-electron chi connectivity index (χ3n) is 3.11. The van der Waals surface area contributed by atoms with Crippen molar-refractivity contribution in [1.82, 2.24) is 5.32 Å². The molecule has 0 bridgehead atoms. The molecule has 1 rings (SSSR count). The minimum Gasteiger partial charge on any atom is -0.394 e. The van der Waals surface area contributed by atoms with Crippen LogP contribution in [-0.4, -0.2) is 35.5 Å². The Morgan fingerprint density at radius 3 is 2.79 bits per heavy atom. The van der Waals surface area contributed by atoms with Crippen molar-refractivity contribution in [2.24, 2.45) is 5.92 Å². The SMILES string of the molecule is CC1CCCC(NCC(O)CO)CC1. The first kappa shape index (κ1) is 12.0. The van der Waals surface area contributed by atoms with Crippen LogP contribution in [-0.2, 0) is 0 Å². The molecule has 84 valence electrons. The maximum absolute atomic E-state index is 9.20. The molecule has 0 heterocycles. The Hall–Kier alpha value is -0.120. The minimum absolute atomic E-state index is 0.143. The van der Waals surface area contributed by atoms with Crippen LogP contribution in [0.5, 0.6) is 0 Å². The second kappa shape index (κ2) is 6.38. The zero-order chi connectivity index (χ0) is 10.4. The van der Waals surface area contributed by atoms with Crippen molar-refractivity contribution in [2.75, 3.05) is 13.2 Å². The lowest BCUT2D eigenvalue weighted by atomic mass is 10.0. The van der Waals surface area contributed by atoms with Gasteiger partial charge in [-0.3, -0.25) is 0 Å². The third-order valence-corrected chi connectivity index (χ3v) is 3.11. The molecule has 0 saturated heterocycles. The molecule has 0 amide bonds. The number of nitrogens with one attached hydrogen (secondary N) is 1. The Kier molecular flexibility index (Phi) is 5.45. The summed E-state index contributed by atoms with van der Waals surface area (Å²) < 4.78 is 0. The third kappa shape index (κ3) is 4.40. The Balaban J connectivity index is 2.17. The lowest BCUT2D eigenvalue weighted by Crippen LogP contribution is -2.36. The van der Waals surface area contributed by atoms with E-state index in [0.29, 0.717) is 12.6 Å². The minimum atomic E-state index is -0.601. The van der Waals surface area contributed by atoms with Crippen molar-refractivity contribution in [2.45, 2.75) is 51.2 Å². The maximum Gasteiger partial charge on any atom is 0.0895 e. The van der Waals surface area contributed by atoms with E-state index < -0.39 is 6.10 Å². The van der Waals surface area contributed by atoms with Crippen LogP contribution in [0.4, 0.5) is 0 Å². The molecule has 14 heavy (non-hydrogen) atoms. The molecule has 0 spiro atoms. The smallest absolute Gasteiger partial charge is 0.0895 e. The fourth-order valence-electron chi connectivity index (χ4n) is 2.06. The summed E-state index contributed by atoms with van der Waals surface area (Å²) in [6.45, 7) is 2.69. The van der Waals surface area contributed by atoms with Gasteiger partial charge in [0.15, 0.2) is 0 Å². The quantitative estimate of drug-likeness (QED) is 0.592. The molecule has 3 heteroatoms. The summed E-state index contributed by atoms with van der Waals surface area (Å²) >= 11 is 0. The monoisotopic (exact) mass is 201 g/mol. The van der Waals surface area contributed by atoms with Crippen LogP contribution in [0.2, 0.25) is 0 Å². The molecule has 3 nitrogen and oxygen atoms in total. The van der Waals surface area contributed by atoms with Crippen molar-refractivity contribution in [3.8, 4) is 0 Å². The van der Waals surface area contributed by atoms with Gasteiger partial charge in [0.2, 0.25) is 0 Å². The summed E-state index contributed by atoms with van der Waals surface area (Å²) in [6.07, 6.45) is 5.72. The van der Waals surface area contributed by atoms with Gasteiger partial charge in [-0.1, -0.05) is 19.8 Å². The van der Waals surface area contributed by atoms with E-state index in [1.54, 1.807) is 0 Å². The van der Waals surface area contributed by atoms with Crippen LogP contribution >= 0.6 is 0 Å². The van der Waals surface area contributed by atoms with Gasteiger partial charge < -0.3 is 15.5 Å². The number of rotatable bonds is 4. The predicted octanol–water partition coefficient (Wildman–Crippen LogP) is 0.898. The molecule has 0 radical (unpaired) electrons. The van der Waals surface area contributed by atoms with Crippen LogP contribution in [0.25, 0.3) is 0 Å². The molecule has 0 aromatic heterocycles. The van der Waals surface area contributed by atoms with Crippen molar-refractivity contribution in [3.05, 3.63) is 0 Å². The molecule has 0 aliphatic heterocycles. The van der Waals surface area contributed by atoms with Crippen LogP contribution in [0.3, 0.4) is 0 Å². The fraction of sp³-hybridized carbons (Fsp3) is 1.00. The molecule has 3 N–H and O–H groups in total. The Bertz CT molecular complexity index is 152. The van der Waals surface area contributed by atoms with Gasteiger partial charge in [0, 0.05) is 12.6 Å². The average Bonchev–Trinajstić information content (AvgIpc) is 2.39. The van der Waals surface area contributed by atoms with Crippen molar-refractivity contribution in [1.29, 1.82) is 0 Å². The molecule has 0 aromatic carbocycles. The van der Waals surface area contributed by atoms with E-state index >= 15 is 0 Å². The zero-order valence-corrected chi connectivity index (χ0v) is 9.08. The van der Waals surface area contributed by atoms with Gasteiger partial charge in [0.25, 0.3) is 0 Å². The molecule has 3 unspecified atom stereocenters.